The number of hydrogen-bond acceptors (Lipinski definition) is 5. The van der Waals surface area contributed by atoms with Crippen LogP contribution in [-0.2, 0) is 11.3 Å². The summed E-state index contributed by atoms with van der Waals surface area (Å²) in [6, 6.07) is 4.47. The van der Waals surface area contributed by atoms with Crippen molar-refractivity contribution in [2.45, 2.75) is 13.2 Å². The number of aliphatic hydroxyl groups excluding tert-OH is 1. The third-order valence-corrected chi connectivity index (χ3v) is 3.34. The van der Waals surface area contributed by atoms with E-state index in [4.69, 9.17) is 9.84 Å². The second-order valence-corrected chi connectivity index (χ2v) is 5.02. The van der Waals surface area contributed by atoms with Gasteiger partial charge in [0.2, 0.25) is 5.91 Å². The van der Waals surface area contributed by atoms with Crippen LogP contribution in [-0.4, -0.2) is 42.8 Å². The van der Waals surface area contributed by atoms with Gasteiger partial charge >= 0.3 is 6.61 Å². The molecule has 0 aliphatic rings. The summed E-state index contributed by atoms with van der Waals surface area (Å²) in [6.07, 6.45) is 0. The number of methoxy groups -OCH3 is 1. The van der Waals surface area contributed by atoms with Crippen LogP contribution in [0, 0.1) is 0 Å². The van der Waals surface area contributed by atoms with Gasteiger partial charge in [-0.15, -0.1) is 11.8 Å². The van der Waals surface area contributed by atoms with Gasteiger partial charge < -0.3 is 19.9 Å². The molecule has 0 heterocycles. The highest BCUT2D eigenvalue weighted by Gasteiger charge is 2.11. The van der Waals surface area contributed by atoms with Crippen LogP contribution in [0.4, 0.5) is 8.78 Å². The van der Waals surface area contributed by atoms with Crippen LogP contribution in [0.1, 0.15) is 5.56 Å². The highest BCUT2D eigenvalue weighted by molar-refractivity contribution is 7.99. The van der Waals surface area contributed by atoms with Crippen molar-refractivity contribution < 1.29 is 28.2 Å². The Kier molecular flexibility index (Phi) is 7.84. The second-order valence-electron chi connectivity index (χ2n) is 3.92. The minimum absolute atomic E-state index is 0.0285. The zero-order valence-electron chi connectivity index (χ0n) is 11.5. The highest BCUT2D eigenvalue weighted by atomic mass is 32.2. The Bertz CT molecular complexity index is 460. The molecule has 2 N–H and O–H groups in total. The molecule has 1 aromatic rings. The summed E-state index contributed by atoms with van der Waals surface area (Å²) in [5, 5.41) is 11.3. The highest BCUT2D eigenvalue weighted by Crippen LogP contribution is 2.29. The third-order valence-electron chi connectivity index (χ3n) is 2.40. The van der Waals surface area contributed by atoms with Crippen LogP contribution in [0.15, 0.2) is 18.2 Å². The van der Waals surface area contributed by atoms with Gasteiger partial charge in [0.05, 0.1) is 19.5 Å². The van der Waals surface area contributed by atoms with Crippen molar-refractivity contribution in [2.75, 3.05) is 25.2 Å². The standard InChI is InChI=1S/C13H17F2NO4S/c1-19-11-6-9(2-3-10(11)20-13(14)15)7-16-12(18)8-21-5-4-17/h2-3,6,13,17H,4-5,7-8H2,1H3,(H,16,18). The molecular weight excluding hydrogens is 304 g/mol. The van der Waals surface area contributed by atoms with Crippen LogP contribution in [0.5, 0.6) is 11.5 Å². The van der Waals surface area contributed by atoms with Gasteiger partial charge in [0.25, 0.3) is 0 Å². The lowest BCUT2D eigenvalue weighted by Gasteiger charge is -2.12. The van der Waals surface area contributed by atoms with Gasteiger partial charge in [0, 0.05) is 12.3 Å². The van der Waals surface area contributed by atoms with E-state index in [-0.39, 0.29) is 36.3 Å². The zero-order valence-corrected chi connectivity index (χ0v) is 12.3. The van der Waals surface area contributed by atoms with E-state index in [1.54, 1.807) is 6.07 Å². The van der Waals surface area contributed by atoms with Gasteiger partial charge in [-0.25, -0.2) is 0 Å². The predicted molar refractivity (Wildman–Crippen MR) is 75.9 cm³/mol. The summed E-state index contributed by atoms with van der Waals surface area (Å²) in [5.74, 6) is 0.712. The lowest BCUT2D eigenvalue weighted by atomic mass is 10.2. The largest absolute Gasteiger partial charge is 0.493 e. The zero-order chi connectivity index (χ0) is 15.7. The molecule has 21 heavy (non-hydrogen) atoms. The van der Waals surface area contributed by atoms with Crippen molar-refractivity contribution in [3.05, 3.63) is 23.8 Å². The molecule has 0 aliphatic carbocycles. The van der Waals surface area contributed by atoms with Gasteiger partial charge in [-0.05, 0) is 17.7 Å². The van der Waals surface area contributed by atoms with Gasteiger partial charge in [-0.2, -0.15) is 8.78 Å². The number of halogens is 2. The number of carbonyl (C=O) groups excluding carboxylic acids is 1. The van der Waals surface area contributed by atoms with Crippen molar-refractivity contribution in [1.82, 2.24) is 5.32 Å². The number of thioether (sulfide) groups is 1. The monoisotopic (exact) mass is 321 g/mol. The molecule has 1 aromatic carbocycles. The molecule has 0 unspecified atom stereocenters. The minimum atomic E-state index is -2.92. The lowest BCUT2D eigenvalue weighted by Crippen LogP contribution is -2.24. The molecule has 0 saturated heterocycles. The summed E-state index contributed by atoms with van der Waals surface area (Å²) >= 11 is 1.32. The Labute approximate surface area is 125 Å². The van der Waals surface area contributed by atoms with E-state index in [9.17, 15) is 13.6 Å². The first-order chi connectivity index (χ1) is 10.1. The van der Waals surface area contributed by atoms with E-state index < -0.39 is 6.61 Å². The van der Waals surface area contributed by atoms with Crippen molar-refractivity contribution in [1.29, 1.82) is 0 Å². The van der Waals surface area contributed by atoms with Gasteiger partial charge in [0.15, 0.2) is 11.5 Å². The van der Waals surface area contributed by atoms with E-state index in [0.717, 1.165) is 0 Å². The van der Waals surface area contributed by atoms with Gasteiger partial charge in [0.1, 0.15) is 0 Å². The minimum Gasteiger partial charge on any atom is -0.493 e. The van der Waals surface area contributed by atoms with E-state index in [1.807, 2.05) is 0 Å². The lowest BCUT2D eigenvalue weighted by molar-refractivity contribution is -0.118. The fraction of sp³-hybridized carbons (Fsp3) is 0.462. The van der Waals surface area contributed by atoms with Crippen molar-refractivity contribution in [3.63, 3.8) is 0 Å². The van der Waals surface area contributed by atoms with Gasteiger partial charge in [-0.1, -0.05) is 6.07 Å². The molecule has 0 atom stereocenters. The Hall–Kier alpha value is -1.54. The quantitative estimate of drug-likeness (QED) is 0.677. The van der Waals surface area contributed by atoms with Crippen molar-refractivity contribution in [3.8, 4) is 11.5 Å². The van der Waals surface area contributed by atoms with Crippen LogP contribution < -0.4 is 14.8 Å². The van der Waals surface area contributed by atoms with E-state index >= 15 is 0 Å². The van der Waals surface area contributed by atoms with Crippen LogP contribution in [0.25, 0.3) is 0 Å². The molecule has 0 fully saturated rings. The predicted octanol–water partition coefficient (Wildman–Crippen LogP) is 1.64. The summed E-state index contributed by atoms with van der Waals surface area (Å²) in [7, 11) is 1.35. The first kappa shape index (κ1) is 17.5. The second kappa shape index (κ2) is 9.41. The molecule has 1 rings (SSSR count). The van der Waals surface area contributed by atoms with E-state index in [0.29, 0.717) is 11.3 Å². The molecule has 0 radical (unpaired) electrons. The molecular formula is C13H17F2NO4S. The van der Waals surface area contributed by atoms with E-state index in [1.165, 1.54) is 31.0 Å². The molecule has 0 aliphatic heterocycles. The van der Waals surface area contributed by atoms with Crippen LogP contribution >= 0.6 is 11.8 Å². The number of aliphatic hydroxyl groups is 1. The number of hydrogen-bond donors (Lipinski definition) is 2. The first-order valence-electron chi connectivity index (χ1n) is 6.14. The average molecular weight is 321 g/mol. The Morgan fingerprint density at radius 1 is 1.43 bits per heavy atom. The van der Waals surface area contributed by atoms with E-state index in [2.05, 4.69) is 10.1 Å². The molecule has 5 nitrogen and oxygen atoms in total. The number of alkyl halides is 2. The van der Waals surface area contributed by atoms with Crippen LogP contribution in [0.3, 0.4) is 0 Å². The molecule has 0 saturated carbocycles. The maximum absolute atomic E-state index is 12.2. The fourth-order valence-electron chi connectivity index (χ4n) is 1.50. The SMILES string of the molecule is COc1cc(CNC(=O)CSCCO)ccc1OC(F)F. The third kappa shape index (κ3) is 6.63. The number of amides is 1. The summed E-state index contributed by atoms with van der Waals surface area (Å²) in [4.78, 5) is 11.5. The smallest absolute Gasteiger partial charge is 0.387 e. The Balaban J connectivity index is 2.54. The first-order valence-corrected chi connectivity index (χ1v) is 7.29. The topological polar surface area (TPSA) is 67.8 Å². The summed E-state index contributed by atoms with van der Waals surface area (Å²) in [5.41, 5.74) is 0.703. The Morgan fingerprint density at radius 3 is 2.81 bits per heavy atom. The van der Waals surface area contributed by atoms with Gasteiger partial charge in [-0.3, -0.25) is 4.79 Å². The van der Waals surface area contributed by atoms with Crippen molar-refractivity contribution in [2.24, 2.45) is 0 Å². The molecule has 118 valence electrons. The molecule has 0 bridgehead atoms. The molecule has 1 amide bonds. The van der Waals surface area contributed by atoms with Crippen molar-refractivity contribution >= 4 is 17.7 Å². The number of benzene rings is 1. The molecule has 8 heteroatoms. The number of ether oxygens (including phenoxy) is 2. The number of carbonyl (C=O) groups is 1. The molecule has 0 spiro atoms. The molecule has 0 aromatic heterocycles. The number of nitrogens with one attached hydrogen (secondary N) is 1. The maximum Gasteiger partial charge on any atom is 0.387 e. The summed E-state index contributed by atoms with van der Waals surface area (Å²) < 4.78 is 33.6. The maximum atomic E-state index is 12.2. The Morgan fingerprint density at radius 2 is 2.19 bits per heavy atom. The number of rotatable bonds is 9. The average Bonchev–Trinajstić information content (AvgIpc) is 2.46. The normalized spacial score (nSPS) is 10.5. The van der Waals surface area contributed by atoms with Crippen LogP contribution in [0.2, 0.25) is 0 Å². The summed E-state index contributed by atoms with van der Waals surface area (Å²) in [6.45, 7) is -2.64. The fourth-order valence-corrected chi connectivity index (χ4v) is 2.06.